The van der Waals surface area contributed by atoms with Crippen molar-refractivity contribution in [1.82, 2.24) is 0 Å². The van der Waals surface area contributed by atoms with Crippen LogP contribution in [0.4, 0.5) is 11.4 Å². The van der Waals surface area contributed by atoms with E-state index in [1.54, 1.807) is 11.9 Å². The van der Waals surface area contributed by atoms with E-state index in [-0.39, 0.29) is 30.1 Å². The SMILES string of the molecule is CN(C(=O)c1ccc2ccccc2c1)c1ccc2c(c1)CCCN2C(=O)CCc1ccc(C(=N)N)cc1.Cl. The lowest BCUT2D eigenvalue weighted by atomic mass is 9.99. The van der Waals surface area contributed by atoms with Crippen molar-refractivity contribution in [3.63, 3.8) is 0 Å². The number of nitrogen functional groups attached to an aromatic ring is 1. The normalized spacial score (nSPS) is 12.4. The number of hydrogen-bond acceptors (Lipinski definition) is 3. The molecule has 0 radical (unpaired) electrons. The van der Waals surface area contributed by atoms with Crippen molar-refractivity contribution in [3.05, 3.63) is 107 Å². The van der Waals surface area contributed by atoms with Gasteiger partial charge >= 0.3 is 0 Å². The van der Waals surface area contributed by atoms with Gasteiger partial charge in [-0.05, 0) is 71.5 Å². The third-order valence-corrected chi connectivity index (χ3v) is 7.06. The lowest BCUT2D eigenvalue weighted by Gasteiger charge is -2.31. The molecule has 0 spiro atoms. The van der Waals surface area contributed by atoms with Crippen molar-refractivity contribution in [2.75, 3.05) is 23.4 Å². The number of hydrogen-bond donors (Lipinski definition) is 2. The summed E-state index contributed by atoms with van der Waals surface area (Å²) in [6.07, 6.45) is 2.79. The minimum atomic E-state index is -0.0646. The van der Waals surface area contributed by atoms with Crippen molar-refractivity contribution < 1.29 is 9.59 Å². The number of rotatable bonds is 6. The second kappa shape index (κ2) is 11.5. The van der Waals surface area contributed by atoms with Crippen LogP contribution in [0.3, 0.4) is 0 Å². The predicted octanol–water partition coefficient (Wildman–Crippen LogP) is 5.73. The molecule has 4 aromatic carbocycles. The summed E-state index contributed by atoms with van der Waals surface area (Å²) < 4.78 is 0. The molecule has 1 aliphatic rings. The molecule has 0 atom stereocenters. The first-order valence-corrected chi connectivity index (χ1v) is 12.5. The van der Waals surface area contributed by atoms with Gasteiger partial charge in [0, 0.05) is 42.5 Å². The fourth-order valence-electron chi connectivity index (χ4n) is 4.92. The molecule has 0 aliphatic carbocycles. The number of anilines is 2. The molecule has 0 aromatic heterocycles. The number of nitrogens with two attached hydrogens (primary N) is 1. The standard InChI is InChI=1S/C31H30N4O2.ClH/c1-34(31(37)26-14-13-22-5-2-3-6-24(22)19-26)27-15-16-28-25(20-27)7-4-18-35(28)29(36)17-10-21-8-11-23(12-9-21)30(32)33;/h2-3,5-6,8-9,11-16,19-20H,4,7,10,17-18H2,1H3,(H3,32,33);1H. The molecule has 0 saturated heterocycles. The van der Waals surface area contributed by atoms with Crippen LogP contribution in [0.5, 0.6) is 0 Å². The van der Waals surface area contributed by atoms with Crippen LogP contribution < -0.4 is 15.5 Å². The van der Waals surface area contributed by atoms with Crippen molar-refractivity contribution >= 4 is 52.2 Å². The summed E-state index contributed by atoms with van der Waals surface area (Å²) in [5.41, 5.74) is 10.7. The highest BCUT2D eigenvalue weighted by molar-refractivity contribution is 6.08. The van der Waals surface area contributed by atoms with Gasteiger partial charge in [0.2, 0.25) is 5.91 Å². The van der Waals surface area contributed by atoms with E-state index in [1.165, 1.54) is 0 Å². The monoisotopic (exact) mass is 526 g/mol. The zero-order chi connectivity index (χ0) is 25.9. The molecule has 1 aliphatic heterocycles. The Morgan fingerprint density at radius 1 is 0.921 bits per heavy atom. The van der Waals surface area contributed by atoms with Gasteiger partial charge in [-0.2, -0.15) is 0 Å². The van der Waals surface area contributed by atoms with Gasteiger partial charge in [-0.15, -0.1) is 12.4 Å². The maximum atomic E-state index is 13.3. The number of amides is 2. The molecule has 3 N–H and O–H groups in total. The molecule has 0 bridgehead atoms. The summed E-state index contributed by atoms with van der Waals surface area (Å²) in [6.45, 7) is 0.695. The van der Waals surface area contributed by atoms with Gasteiger partial charge in [0.05, 0.1) is 0 Å². The van der Waals surface area contributed by atoms with Gasteiger partial charge in [-0.25, -0.2) is 0 Å². The Kier molecular flexibility index (Phi) is 8.13. The Balaban J connectivity index is 0.00000336. The molecule has 0 unspecified atom stereocenters. The van der Waals surface area contributed by atoms with Crippen LogP contribution in [0, 0.1) is 5.41 Å². The molecule has 0 saturated carbocycles. The van der Waals surface area contributed by atoms with E-state index in [0.29, 0.717) is 30.5 Å². The molecular weight excluding hydrogens is 496 g/mol. The lowest BCUT2D eigenvalue weighted by molar-refractivity contribution is -0.118. The van der Waals surface area contributed by atoms with Gasteiger partial charge in [0.15, 0.2) is 0 Å². The van der Waals surface area contributed by atoms with Crippen molar-refractivity contribution in [3.8, 4) is 0 Å². The number of fused-ring (bicyclic) bond motifs is 2. The number of nitrogens with zero attached hydrogens (tertiary/aromatic N) is 2. The Labute approximate surface area is 229 Å². The van der Waals surface area contributed by atoms with Crippen LogP contribution in [0.2, 0.25) is 0 Å². The molecular formula is C31H31ClN4O2. The van der Waals surface area contributed by atoms with Crippen molar-refractivity contribution in [2.24, 2.45) is 5.73 Å². The van der Waals surface area contributed by atoms with E-state index < -0.39 is 0 Å². The molecule has 0 fully saturated rings. The van der Waals surface area contributed by atoms with Crippen LogP contribution in [0.1, 0.15) is 39.9 Å². The van der Waals surface area contributed by atoms with Gasteiger partial charge < -0.3 is 15.5 Å². The Morgan fingerprint density at radius 2 is 1.63 bits per heavy atom. The van der Waals surface area contributed by atoms with Gasteiger partial charge in [-0.1, -0.05) is 54.6 Å². The number of amidine groups is 1. The zero-order valence-corrected chi connectivity index (χ0v) is 22.1. The van der Waals surface area contributed by atoms with Crippen molar-refractivity contribution in [2.45, 2.75) is 25.7 Å². The molecule has 7 heteroatoms. The molecule has 6 nitrogen and oxygen atoms in total. The molecule has 4 aromatic rings. The van der Waals surface area contributed by atoms with Crippen LogP contribution in [0.15, 0.2) is 84.9 Å². The molecule has 2 amide bonds. The number of halogens is 1. The van der Waals surface area contributed by atoms with E-state index in [1.807, 2.05) is 89.8 Å². The largest absolute Gasteiger partial charge is 0.384 e. The summed E-state index contributed by atoms with van der Waals surface area (Å²) in [7, 11) is 1.79. The molecule has 38 heavy (non-hydrogen) atoms. The van der Waals surface area contributed by atoms with Gasteiger partial charge in [0.1, 0.15) is 5.84 Å². The first kappa shape index (κ1) is 26.9. The van der Waals surface area contributed by atoms with Gasteiger partial charge in [-0.3, -0.25) is 15.0 Å². The fraction of sp³-hybridized carbons (Fsp3) is 0.194. The maximum absolute atomic E-state index is 13.3. The second-order valence-corrected chi connectivity index (χ2v) is 9.50. The Morgan fingerprint density at radius 3 is 2.37 bits per heavy atom. The lowest BCUT2D eigenvalue weighted by Crippen LogP contribution is -2.36. The van der Waals surface area contributed by atoms with Crippen LogP contribution in [0.25, 0.3) is 10.8 Å². The van der Waals surface area contributed by atoms with Crippen molar-refractivity contribution in [1.29, 1.82) is 5.41 Å². The fourth-order valence-corrected chi connectivity index (χ4v) is 4.92. The van der Waals surface area contributed by atoms with E-state index in [9.17, 15) is 9.59 Å². The van der Waals surface area contributed by atoms with E-state index in [0.717, 1.165) is 46.1 Å². The van der Waals surface area contributed by atoms with Crippen LogP contribution in [-0.2, 0) is 17.6 Å². The first-order chi connectivity index (χ1) is 17.9. The molecule has 1 heterocycles. The molecule has 194 valence electrons. The third-order valence-electron chi connectivity index (χ3n) is 7.06. The number of benzene rings is 4. The average molecular weight is 527 g/mol. The smallest absolute Gasteiger partial charge is 0.258 e. The quantitative estimate of drug-likeness (QED) is 0.248. The summed E-state index contributed by atoms with van der Waals surface area (Å²) in [5, 5.41) is 9.66. The second-order valence-electron chi connectivity index (χ2n) is 9.50. The Bertz CT molecular complexity index is 1500. The van der Waals surface area contributed by atoms with Crippen LogP contribution >= 0.6 is 12.4 Å². The number of nitrogens with one attached hydrogen (secondary N) is 1. The topological polar surface area (TPSA) is 90.5 Å². The number of aryl methyl sites for hydroxylation is 2. The van der Waals surface area contributed by atoms with E-state index >= 15 is 0 Å². The summed E-state index contributed by atoms with van der Waals surface area (Å²) in [4.78, 5) is 29.9. The minimum absolute atomic E-state index is 0. The summed E-state index contributed by atoms with van der Waals surface area (Å²) in [6, 6.07) is 27.2. The highest BCUT2D eigenvalue weighted by atomic mass is 35.5. The van der Waals surface area contributed by atoms with Gasteiger partial charge in [0.25, 0.3) is 5.91 Å². The minimum Gasteiger partial charge on any atom is -0.384 e. The highest BCUT2D eigenvalue weighted by Gasteiger charge is 2.24. The summed E-state index contributed by atoms with van der Waals surface area (Å²) in [5.74, 6) is 0.0618. The zero-order valence-electron chi connectivity index (χ0n) is 21.3. The third kappa shape index (κ3) is 5.55. The number of carbonyl (C=O) groups excluding carboxylic acids is 2. The van der Waals surface area contributed by atoms with E-state index in [4.69, 9.17) is 11.1 Å². The first-order valence-electron chi connectivity index (χ1n) is 12.5. The Hall–Kier alpha value is -4.16. The molecule has 5 rings (SSSR count). The van der Waals surface area contributed by atoms with Crippen LogP contribution in [-0.4, -0.2) is 31.2 Å². The maximum Gasteiger partial charge on any atom is 0.258 e. The number of carbonyl (C=O) groups is 2. The van der Waals surface area contributed by atoms with E-state index in [2.05, 4.69) is 0 Å². The average Bonchev–Trinajstić information content (AvgIpc) is 2.94. The highest BCUT2D eigenvalue weighted by Crippen LogP contribution is 2.32. The summed E-state index contributed by atoms with van der Waals surface area (Å²) >= 11 is 0. The predicted molar refractivity (Wildman–Crippen MR) is 157 cm³/mol.